The van der Waals surface area contributed by atoms with E-state index in [2.05, 4.69) is 16.2 Å². The lowest BCUT2D eigenvalue weighted by atomic mass is 10.2. The summed E-state index contributed by atoms with van der Waals surface area (Å²) in [5, 5.41) is 2.77. The standard InChI is InChI=1S/C23H27N3O5/c1-4-5-6-21(27)24-18-11-9-17(10-12-18)23(29)26-25-22(28)14-8-16-7-13-19(30-2)20(15-16)31-3/h7-15H,4-6H2,1-3H3,(H,24,27)(H,25,28)(H,26,29). The second kappa shape index (κ2) is 12.0. The van der Waals surface area contributed by atoms with E-state index in [1.54, 1.807) is 55.7 Å². The first-order chi connectivity index (χ1) is 15.0. The lowest BCUT2D eigenvalue weighted by molar-refractivity contribution is -0.117. The summed E-state index contributed by atoms with van der Waals surface area (Å²) < 4.78 is 10.4. The van der Waals surface area contributed by atoms with E-state index in [9.17, 15) is 14.4 Å². The summed E-state index contributed by atoms with van der Waals surface area (Å²) in [5.41, 5.74) is 6.35. The van der Waals surface area contributed by atoms with Gasteiger partial charge in [-0.05, 0) is 54.5 Å². The Bertz CT molecular complexity index is 939. The number of hydrogen-bond acceptors (Lipinski definition) is 5. The molecule has 2 aromatic rings. The molecule has 0 unspecified atom stereocenters. The van der Waals surface area contributed by atoms with Crippen molar-refractivity contribution in [2.24, 2.45) is 0 Å². The number of amides is 3. The number of ether oxygens (including phenoxy) is 2. The first-order valence-corrected chi connectivity index (χ1v) is 9.87. The highest BCUT2D eigenvalue weighted by atomic mass is 16.5. The predicted molar refractivity (Wildman–Crippen MR) is 119 cm³/mol. The highest BCUT2D eigenvalue weighted by Crippen LogP contribution is 2.27. The molecule has 0 aliphatic carbocycles. The Morgan fingerprint density at radius 1 is 0.935 bits per heavy atom. The van der Waals surface area contributed by atoms with E-state index in [0.717, 1.165) is 18.4 Å². The van der Waals surface area contributed by atoms with Crippen molar-refractivity contribution < 1.29 is 23.9 Å². The second-order valence-corrected chi connectivity index (χ2v) is 6.62. The molecule has 0 aromatic heterocycles. The van der Waals surface area contributed by atoms with E-state index in [1.807, 2.05) is 6.92 Å². The third kappa shape index (κ3) is 7.50. The molecule has 0 atom stereocenters. The highest BCUT2D eigenvalue weighted by Gasteiger charge is 2.08. The van der Waals surface area contributed by atoms with Crippen LogP contribution in [0, 0.1) is 0 Å². The lowest BCUT2D eigenvalue weighted by Gasteiger charge is -2.08. The fourth-order valence-corrected chi connectivity index (χ4v) is 2.63. The SMILES string of the molecule is CCCCC(=O)Nc1ccc(C(=O)NNC(=O)C=Cc2ccc(OC)c(OC)c2)cc1. The van der Waals surface area contributed by atoms with Gasteiger partial charge in [-0.25, -0.2) is 0 Å². The number of carbonyl (C=O) groups excluding carboxylic acids is 3. The van der Waals surface area contributed by atoms with Crippen molar-refractivity contribution in [1.82, 2.24) is 10.9 Å². The van der Waals surface area contributed by atoms with Gasteiger partial charge in [0, 0.05) is 23.7 Å². The molecule has 31 heavy (non-hydrogen) atoms. The van der Waals surface area contributed by atoms with Crippen molar-refractivity contribution in [3.05, 3.63) is 59.7 Å². The Kier molecular flexibility index (Phi) is 9.10. The number of anilines is 1. The minimum atomic E-state index is -0.497. The number of methoxy groups -OCH3 is 2. The Morgan fingerprint density at radius 3 is 2.29 bits per heavy atom. The van der Waals surface area contributed by atoms with Crippen LogP contribution in [0.1, 0.15) is 42.1 Å². The summed E-state index contributed by atoms with van der Waals surface area (Å²) in [6, 6.07) is 11.6. The number of nitrogens with one attached hydrogen (secondary N) is 3. The van der Waals surface area contributed by atoms with E-state index in [4.69, 9.17) is 9.47 Å². The van der Waals surface area contributed by atoms with Crippen LogP contribution in [0.4, 0.5) is 5.69 Å². The molecule has 0 saturated carbocycles. The molecule has 8 nitrogen and oxygen atoms in total. The van der Waals surface area contributed by atoms with Gasteiger partial charge in [-0.3, -0.25) is 25.2 Å². The Balaban J connectivity index is 1.85. The smallest absolute Gasteiger partial charge is 0.269 e. The summed E-state index contributed by atoms with van der Waals surface area (Å²) in [6.45, 7) is 2.02. The molecular weight excluding hydrogens is 398 g/mol. The van der Waals surface area contributed by atoms with E-state index in [1.165, 1.54) is 13.2 Å². The number of carbonyl (C=O) groups is 3. The maximum atomic E-state index is 12.2. The molecule has 2 aromatic carbocycles. The van der Waals surface area contributed by atoms with Gasteiger partial charge in [0.15, 0.2) is 11.5 Å². The number of unbranched alkanes of at least 4 members (excludes halogenated alkanes) is 1. The minimum Gasteiger partial charge on any atom is -0.493 e. The predicted octanol–water partition coefficient (Wildman–Crippen LogP) is 3.31. The summed E-state index contributed by atoms with van der Waals surface area (Å²) in [4.78, 5) is 35.9. The molecular formula is C23H27N3O5. The first-order valence-electron chi connectivity index (χ1n) is 9.87. The van der Waals surface area contributed by atoms with Crippen LogP contribution in [0.2, 0.25) is 0 Å². The zero-order valence-corrected chi connectivity index (χ0v) is 17.9. The van der Waals surface area contributed by atoms with Gasteiger partial charge >= 0.3 is 0 Å². The number of hydrazine groups is 1. The average molecular weight is 425 g/mol. The third-order valence-corrected chi connectivity index (χ3v) is 4.32. The van der Waals surface area contributed by atoms with E-state index < -0.39 is 11.8 Å². The lowest BCUT2D eigenvalue weighted by Crippen LogP contribution is -2.40. The van der Waals surface area contributed by atoms with Crippen molar-refractivity contribution in [3.63, 3.8) is 0 Å². The van der Waals surface area contributed by atoms with Gasteiger partial charge in [0.05, 0.1) is 14.2 Å². The average Bonchev–Trinajstić information content (AvgIpc) is 2.80. The van der Waals surface area contributed by atoms with Crippen LogP contribution in [0.25, 0.3) is 6.08 Å². The molecule has 0 spiro atoms. The molecule has 8 heteroatoms. The second-order valence-electron chi connectivity index (χ2n) is 6.62. The molecule has 3 amide bonds. The molecule has 164 valence electrons. The molecule has 0 aliphatic heterocycles. The summed E-state index contributed by atoms with van der Waals surface area (Å²) in [6.07, 6.45) is 5.10. The fourth-order valence-electron chi connectivity index (χ4n) is 2.63. The summed E-state index contributed by atoms with van der Waals surface area (Å²) in [5.74, 6) is 0.0959. The Labute approximate surface area is 181 Å². The van der Waals surface area contributed by atoms with Crippen LogP contribution < -0.4 is 25.6 Å². The fraction of sp³-hybridized carbons (Fsp3) is 0.261. The molecule has 3 N–H and O–H groups in total. The van der Waals surface area contributed by atoms with Crippen LogP contribution in [-0.2, 0) is 9.59 Å². The molecule has 0 fully saturated rings. The highest BCUT2D eigenvalue weighted by molar-refractivity contribution is 5.98. The van der Waals surface area contributed by atoms with E-state index in [0.29, 0.717) is 29.2 Å². The van der Waals surface area contributed by atoms with Gasteiger partial charge < -0.3 is 14.8 Å². The Morgan fingerprint density at radius 2 is 1.65 bits per heavy atom. The van der Waals surface area contributed by atoms with Crippen LogP contribution in [0.15, 0.2) is 48.5 Å². The van der Waals surface area contributed by atoms with Gasteiger partial charge in [-0.1, -0.05) is 19.4 Å². The van der Waals surface area contributed by atoms with Gasteiger partial charge in [0.2, 0.25) is 5.91 Å². The largest absolute Gasteiger partial charge is 0.493 e. The van der Waals surface area contributed by atoms with Gasteiger partial charge in [-0.15, -0.1) is 0 Å². The zero-order chi connectivity index (χ0) is 22.6. The van der Waals surface area contributed by atoms with Gasteiger partial charge in [0.25, 0.3) is 11.8 Å². The Hall–Kier alpha value is -3.81. The van der Waals surface area contributed by atoms with Crippen LogP contribution in [0.3, 0.4) is 0 Å². The maximum Gasteiger partial charge on any atom is 0.269 e. The first kappa shape index (κ1) is 23.5. The van der Waals surface area contributed by atoms with Gasteiger partial charge in [0.1, 0.15) is 0 Å². The third-order valence-electron chi connectivity index (χ3n) is 4.32. The van der Waals surface area contributed by atoms with Crippen LogP contribution in [-0.4, -0.2) is 31.9 Å². The molecule has 0 radical (unpaired) electrons. The van der Waals surface area contributed by atoms with Crippen molar-refractivity contribution in [1.29, 1.82) is 0 Å². The molecule has 2 rings (SSSR count). The van der Waals surface area contributed by atoms with Crippen molar-refractivity contribution in [3.8, 4) is 11.5 Å². The number of rotatable bonds is 9. The van der Waals surface area contributed by atoms with Crippen LogP contribution >= 0.6 is 0 Å². The maximum absolute atomic E-state index is 12.2. The topological polar surface area (TPSA) is 106 Å². The normalized spacial score (nSPS) is 10.4. The quantitative estimate of drug-likeness (QED) is 0.422. The minimum absolute atomic E-state index is 0.0624. The number of benzene rings is 2. The molecule has 0 heterocycles. The van der Waals surface area contributed by atoms with Crippen molar-refractivity contribution >= 4 is 29.5 Å². The monoisotopic (exact) mass is 425 g/mol. The molecule has 0 bridgehead atoms. The van der Waals surface area contributed by atoms with Crippen molar-refractivity contribution in [2.75, 3.05) is 19.5 Å². The van der Waals surface area contributed by atoms with E-state index in [-0.39, 0.29) is 5.91 Å². The number of hydrogen-bond donors (Lipinski definition) is 3. The summed E-state index contributed by atoms with van der Waals surface area (Å²) in [7, 11) is 3.07. The van der Waals surface area contributed by atoms with Crippen molar-refractivity contribution in [2.45, 2.75) is 26.2 Å². The molecule has 0 aliphatic rings. The van der Waals surface area contributed by atoms with E-state index >= 15 is 0 Å². The van der Waals surface area contributed by atoms with Gasteiger partial charge in [-0.2, -0.15) is 0 Å². The zero-order valence-electron chi connectivity index (χ0n) is 17.9. The van der Waals surface area contributed by atoms with Crippen LogP contribution in [0.5, 0.6) is 11.5 Å². The summed E-state index contributed by atoms with van der Waals surface area (Å²) >= 11 is 0. The molecule has 0 saturated heterocycles.